The quantitative estimate of drug-likeness (QED) is 0.444. The first-order valence-electron chi connectivity index (χ1n) is 10.9. The van der Waals surface area contributed by atoms with Crippen LogP contribution in [-0.4, -0.2) is 37.3 Å². The molecule has 0 aliphatic heterocycles. The van der Waals surface area contributed by atoms with Gasteiger partial charge in [0.25, 0.3) is 8.32 Å². The fourth-order valence-corrected chi connectivity index (χ4v) is 8.92. The van der Waals surface area contributed by atoms with E-state index in [-0.39, 0.29) is 16.9 Å². The van der Waals surface area contributed by atoms with Crippen LogP contribution in [0.4, 0.5) is 0 Å². The van der Waals surface area contributed by atoms with Crippen LogP contribution in [-0.2, 0) is 4.43 Å². The van der Waals surface area contributed by atoms with E-state index >= 15 is 0 Å². The molecule has 2 rings (SSSR count). The molecule has 4 atom stereocenters. The summed E-state index contributed by atoms with van der Waals surface area (Å²) in [5, 5.41) is 23.5. The molecule has 0 heterocycles. The van der Waals surface area contributed by atoms with Gasteiger partial charge in [0.15, 0.2) is 0 Å². The lowest BCUT2D eigenvalue weighted by Gasteiger charge is -2.44. The van der Waals surface area contributed by atoms with Crippen molar-refractivity contribution in [1.29, 1.82) is 0 Å². The maximum atomic E-state index is 10.9. The van der Waals surface area contributed by atoms with Gasteiger partial charge in [-0.1, -0.05) is 101 Å². The van der Waals surface area contributed by atoms with Crippen molar-refractivity contribution in [3.05, 3.63) is 73.3 Å². The minimum atomic E-state index is -2.62. The third kappa shape index (κ3) is 5.30. The highest BCUT2D eigenvalue weighted by molar-refractivity contribution is 6.99. The van der Waals surface area contributed by atoms with Gasteiger partial charge in [-0.05, 0) is 21.8 Å². The van der Waals surface area contributed by atoms with Gasteiger partial charge >= 0.3 is 0 Å². The van der Waals surface area contributed by atoms with Gasteiger partial charge < -0.3 is 14.6 Å². The van der Waals surface area contributed by atoms with Crippen molar-refractivity contribution >= 4 is 18.7 Å². The van der Waals surface area contributed by atoms with Crippen molar-refractivity contribution in [1.82, 2.24) is 0 Å². The predicted molar refractivity (Wildman–Crippen MR) is 129 cm³/mol. The first kappa shape index (κ1) is 24.5. The second kappa shape index (κ2) is 10.5. The van der Waals surface area contributed by atoms with E-state index in [1.165, 1.54) is 10.4 Å². The van der Waals surface area contributed by atoms with E-state index in [0.717, 1.165) is 0 Å². The van der Waals surface area contributed by atoms with Crippen LogP contribution in [0.2, 0.25) is 5.04 Å². The lowest BCUT2D eigenvalue weighted by molar-refractivity contribution is -0.0162. The molecule has 0 aromatic heterocycles. The maximum Gasteiger partial charge on any atom is 0.261 e. The van der Waals surface area contributed by atoms with Gasteiger partial charge in [0.2, 0.25) is 0 Å². The average molecular weight is 427 g/mol. The predicted octanol–water partition coefficient (Wildman–Crippen LogP) is 4.13. The molecule has 0 unspecified atom stereocenters. The van der Waals surface area contributed by atoms with Gasteiger partial charge in [-0.2, -0.15) is 0 Å². The summed E-state index contributed by atoms with van der Waals surface area (Å²) in [5.74, 6) is -0.359. The second-order valence-corrected chi connectivity index (χ2v) is 13.7. The minimum absolute atomic E-state index is 0.103. The number of hydrogen-bond acceptors (Lipinski definition) is 3. The molecular weight excluding hydrogens is 388 g/mol. The summed E-state index contributed by atoms with van der Waals surface area (Å²) in [4.78, 5) is 0. The number of aliphatic hydroxyl groups excluding tert-OH is 2. The number of aliphatic hydroxyl groups is 2. The molecule has 0 fully saturated rings. The molecule has 0 aliphatic carbocycles. The van der Waals surface area contributed by atoms with E-state index < -0.39 is 20.5 Å². The SMILES string of the molecule is C=CC[C@H](O)[C@H](C)[C@H](O)[C@H](C)CO[Si](c1ccccc1)(c1ccccc1)C(C)(C)C. The molecule has 0 saturated heterocycles. The first-order chi connectivity index (χ1) is 14.1. The number of rotatable bonds is 10. The van der Waals surface area contributed by atoms with Crippen molar-refractivity contribution < 1.29 is 14.6 Å². The van der Waals surface area contributed by atoms with Gasteiger partial charge in [0, 0.05) is 18.4 Å². The van der Waals surface area contributed by atoms with E-state index in [0.29, 0.717) is 13.0 Å². The summed E-state index contributed by atoms with van der Waals surface area (Å²) in [6.07, 6.45) is 0.906. The molecule has 0 saturated carbocycles. The largest absolute Gasteiger partial charge is 0.407 e. The second-order valence-electron chi connectivity index (χ2n) is 9.39. The molecule has 4 heteroatoms. The topological polar surface area (TPSA) is 49.7 Å². The highest BCUT2D eigenvalue weighted by atomic mass is 28.4. The summed E-state index contributed by atoms with van der Waals surface area (Å²) < 4.78 is 6.92. The van der Waals surface area contributed by atoms with Crippen LogP contribution in [0.15, 0.2) is 73.3 Å². The Morgan fingerprint density at radius 1 is 0.933 bits per heavy atom. The van der Waals surface area contributed by atoms with E-state index in [1.54, 1.807) is 6.08 Å². The third-order valence-electron chi connectivity index (χ3n) is 6.12. The Labute approximate surface area is 183 Å². The molecule has 30 heavy (non-hydrogen) atoms. The monoisotopic (exact) mass is 426 g/mol. The Kier molecular flexibility index (Phi) is 8.62. The van der Waals surface area contributed by atoms with Crippen molar-refractivity contribution in [2.45, 2.75) is 58.3 Å². The van der Waals surface area contributed by atoms with Crippen LogP contribution >= 0.6 is 0 Å². The first-order valence-corrected chi connectivity index (χ1v) is 12.8. The Morgan fingerprint density at radius 3 is 1.80 bits per heavy atom. The van der Waals surface area contributed by atoms with Gasteiger partial charge in [-0.15, -0.1) is 6.58 Å². The zero-order chi connectivity index (χ0) is 22.4. The molecule has 3 nitrogen and oxygen atoms in total. The van der Waals surface area contributed by atoms with Gasteiger partial charge in [0.1, 0.15) is 0 Å². The van der Waals surface area contributed by atoms with E-state index in [4.69, 9.17) is 4.43 Å². The van der Waals surface area contributed by atoms with Crippen LogP contribution in [0.3, 0.4) is 0 Å². The normalized spacial score (nSPS) is 16.5. The van der Waals surface area contributed by atoms with Gasteiger partial charge in [-0.25, -0.2) is 0 Å². The molecule has 2 N–H and O–H groups in total. The van der Waals surface area contributed by atoms with Crippen LogP contribution in [0, 0.1) is 11.8 Å². The molecule has 0 radical (unpaired) electrons. The molecule has 0 aliphatic rings. The summed E-state index contributed by atoms with van der Waals surface area (Å²) >= 11 is 0. The number of hydrogen-bond donors (Lipinski definition) is 2. The Balaban J connectivity index is 2.38. The highest BCUT2D eigenvalue weighted by Crippen LogP contribution is 2.37. The smallest absolute Gasteiger partial charge is 0.261 e. The summed E-state index contributed by atoms with van der Waals surface area (Å²) in [5.41, 5.74) is 0. The molecule has 2 aromatic carbocycles. The van der Waals surface area contributed by atoms with E-state index in [1.807, 2.05) is 26.0 Å². The summed E-state index contributed by atoms with van der Waals surface area (Å²) in [6.45, 7) is 14.7. The molecule has 0 bridgehead atoms. The molecule has 0 spiro atoms. The van der Waals surface area contributed by atoms with Crippen molar-refractivity contribution in [3.63, 3.8) is 0 Å². The molecule has 164 valence electrons. The summed E-state index contributed by atoms with van der Waals surface area (Å²) in [6, 6.07) is 21.0. The third-order valence-corrected chi connectivity index (χ3v) is 11.1. The van der Waals surface area contributed by atoms with Crippen molar-refractivity contribution in [2.75, 3.05) is 6.61 Å². The average Bonchev–Trinajstić information content (AvgIpc) is 2.73. The number of benzene rings is 2. The van der Waals surface area contributed by atoms with E-state index in [9.17, 15) is 10.2 Å². The fourth-order valence-electron chi connectivity index (χ4n) is 4.25. The molecule has 0 amide bonds. The molecular formula is C26H38O3Si. The van der Waals surface area contributed by atoms with Crippen LogP contribution in [0.5, 0.6) is 0 Å². The molecule has 2 aromatic rings. The summed E-state index contributed by atoms with van der Waals surface area (Å²) in [7, 11) is -2.62. The van der Waals surface area contributed by atoms with Crippen LogP contribution in [0.25, 0.3) is 0 Å². The van der Waals surface area contributed by atoms with Crippen LogP contribution < -0.4 is 10.4 Å². The zero-order valence-electron chi connectivity index (χ0n) is 19.1. The lowest BCUT2D eigenvalue weighted by atomic mass is 9.88. The van der Waals surface area contributed by atoms with Crippen molar-refractivity contribution in [3.8, 4) is 0 Å². The van der Waals surface area contributed by atoms with Crippen molar-refractivity contribution in [2.24, 2.45) is 11.8 Å². The van der Waals surface area contributed by atoms with E-state index in [2.05, 4.69) is 75.9 Å². The maximum absolute atomic E-state index is 10.9. The standard InChI is InChI=1S/C26H38O3Si/c1-7-14-24(27)21(3)25(28)20(2)19-29-30(26(4,5)6,22-15-10-8-11-16-22)23-17-12-9-13-18-23/h7-13,15-18,20-21,24-25,27-28H,1,14,19H2,2-6H3/t20-,21+,24+,25-/m1/s1. The Bertz CT molecular complexity index is 730. The fraction of sp³-hybridized carbons (Fsp3) is 0.462. The Hall–Kier alpha value is -1.72. The lowest BCUT2D eigenvalue weighted by Crippen LogP contribution is -2.67. The van der Waals surface area contributed by atoms with Crippen LogP contribution in [0.1, 0.15) is 41.0 Å². The van der Waals surface area contributed by atoms with Gasteiger partial charge in [-0.3, -0.25) is 0 Å². The highest BCUT2D eigenvalue weighted by Gasteiger charge is 2.50. The Morgan fingerprint density at radius 2 is 1.40 bits per heavy atom. The van der Waals surface area contributed by atoms with Gasteiger partial charge in [0.05, 0.1) is 12.2 Å². The minimum Gasteiger partial charge on any atom is -0.407 e. The zero-order valence-corrected chi connectivity index (χ0v) is 20.1.